The predicted octanol–water partition coefficient (Wildman–Crippen LogP) is 5.38. The standard InChI is InChI=1S/C16H17ClN2S/c1-16(2,3)15-8-7-14(20-15)13(10-18)19-12-6-4-5-11(17)9-12/h4-9,13,19H,1-3H3. The Morgan fingerprint density at radius 3 is 2.55 bits per heavy atom. The molecule has 0 aliphatic rings. The Hall–Kier alpha value is -1.50. The van der Waals surface area contributed by atoms with Crippen molar-refractivity contribution in [3.05, 3.63) is 51.2 Å². The van der Waals surface area contributed by atoms with E-state index in [4.69, 9.17) is 11.6 Å². The number of hydrogen-bond donors (Lipinski definition) is 1. The molecule has 104 valence electrons. The molecule has 1 unspecified atom stereocenters. The zero-order valence-corrected chi connectivity index (χ0v) is 13.3. The molecule has 1 aromatic carbocycles. The zero-order valence-electron chi connectivity index (χ0n) is 11.8. The number of nitrogens with one attached hydrogen (secondary N) is 1. The van der Waals surface area contributed by atoms with E-state index >= 15 is 0 Å². The van der Waals surface area contributed by atoms with Gasteiger partial charge in [-0.1, -0.05) is 38.4 Å². The van der Waals surface area contributed by atoms with Crippen LogP contribution < -0.4 is 5.32 Å². The molecule has 0 bridgehead atoms. The van der Waals surface area contributed by atoms with Crippen molar-refractivity contribution in [3.63, 3.8) is 0 Å². The van der Waals surface area contributed by atoms with Crippen LogP contribution in [0, 0.1) is 11.3 Å². The number of thiophene rings is 1. The molecule has 0 radical (unpaired) electrons. The van der Waals surface area contributed by atoms with Crippen LogP contribution in [0.1, 0.15) is 36.6 Å². The summed E-state index contributed by atoms with van der Waals surface area (Å²) in [6.45, 7) is 6.52. The first kappa shape index (κ1) is 14.9. The minimum absolute atomic E-state index is 0.110. The fourth-order valence-electron chi connectivity index (χ4n) is 1.82. The maximum absolute atomic E-state index is 9.38. The van der Waals surface area contributed by atoms with Gasteiger partial charge < -0.3 is 5.32 Å². The minimum Gasteiger partial charge on any atom is -0.365 e. The lowest BCUT2D eigenvalue weighted by molar-refractivity contribution is 0.604. The highest BCUT2D eigenvalue weighted by Gasteiger charge is 2.19. The van der Waals surface area contributed by atoms with Gasteiger partial charge in [0.25, 0.3) is 0 Å². The van der Waals surface area contributed by atoms with Gasteiger partial charge >= 0.3 is 0 Å². The highest BCUT2D eigenvalue weighted by Crippen LogP contribution is 2.33. The van der Waals surface area contributed by atoms with Crippen molar-refractivity contribution in [2.24, 2.45) is 0 Å². The van der Waals surface area contributed by atoms with Crippen LogP contribution in [0.25, 0.3) is 0 Å². The Bertz CT molecular complexity index is 634. The third kappa shape index (κ3) is 3.53. The second-order valence-corrected chi connectivity index (χ2v) is 7.22. The maximum Gasteiger partial charge on any atom is 0.149 e. The van der Waals surface area contributed by atoms with Crippen molar-refractivity contribution in [3.8, 4) is 6.07 Å². The van der Waals surface area contributed by atoms with E-state index in [0.29, 0.717) is 5.02 Å². The molecule has 0 fully saturated rings. The number of nitriles is 1. The van der Waals surface area contributed by atoms with Crippen molar-refractivity contribution in [2.75, 3.05) is 5.32 Å². The van der Waals surface area contributed by atoms with E-state index in [0.717, 1.165) is 10.6 Å². The number of nitrogens with zero attached hydrogens (tertiary/aromatic N) is 1. The summed E-state index contributed by atoms with van der Waals surface area (Å²) in [6, 6.07) is 13.5. The van der Waals surface area contributed by atoms with Gasteiger partial charge in [-0.3, -0.25) is 0 Å². The maximum atomic E-state index is 9.38. The Kier molecular flexibility index (Phi) is 4.37. The molecule has 0 saturated heterocycles. The topological polar surface area (TPSA) is 35.8 Å². The minimum atomic E-state index is -0.352. The first-order valence-electron chi connectivity index (χ1n) is 6.42. The van der Waals surface area contributed by atoms with E-state index < -0.39 is 0 Å². The number of benzene rings is 1. The molecule has 1 aromatic heterocycles. The summed E-state index contributed by atoms with van der Waals surface area (Å²) >= 11 is 7.64. The summed E-state index contributed by atoms with van der Waals surface area (Å²) in [5.41, 5.74) is 0.966. The van der Waals surface area contributed by atoms with Crippen LogP contribution in [0.5, 0.6) is 0 Å². The van der Waals surface area contributed by atoms with Gasteiger partial charge in [-0.15, -0.1) is 11.3 Å². The Morgan fingerprint density at radius 2 is 2.00 bits per heavy atom. The van der Waals surface area contributed by atoms with Gasteiger partial charge in [-0.2, -0.15) is 5.26 Å². The third-order valence-electron chi connectivity index (χ3n) is 2.92. The van der Waals surface area contributed by atoms with Gasteiger partial charge in [0.05, 0.1) is 6.07 Å². The number of hydrogen-bond acceptors (Lipinski definition) is 3. The summed E-state index contributed by atoms with van der Waals surface area (Å²) in [7, 11) is 0. The van der Waals surface area contributed by atoms with Gasteiger partial charge in [0, 0.05) is 20.5 Å². The molecule has 0 spiro atoms. The van der Waals surface area contributed by atoms with Gasteiger partial charge in [0.2, 0.25) is 0 Å². The van der Waals surface area contributed by atoms with E-state index in [1.807, 2.05) is 30.3 Å². The molecule has 1 heterocycles. The summed E-state index contributed by atoms with van der Waals surface area (Å²) in [5, 5.41) is 13.3. The second-order valence-electron chi connectivity index (χ2n) is 5.67. The molecule has 1 N–H and O–H groups in total. The van der Waals surface area contributed by atoms with Crippen LogP contribution in [0.4, 0.5) is 5.69 Å². The van der Waals surface area contributed by atoms with Crippen molar-refractivity contribution >= 4 is 28.6 Å². The largest absolute Gasteiger partial charge is 0.365 e. The molecule has 0 aliphatic heterocycles. The van der Waals surface area contributed by atoms with E-state index in [2.05, 4.69) is 38.2 Å². The van der Waals surface area contributed by atoms with Gasteiger partial charge in [0.1, 0.15) is 6.04 Å². The average Bonchev–Trinajstić information content (AvgIpc) is 2.85. The fraction of sp³-hybridized carbons (Fsp3) is 0.312. The number of rotatable bonds is 3. The van der Waals surface area contributed by atoms with Crippen molar-refractivity contribution < 1.29 is 0 Å². The third-order valence-corrected chi connectivity index (χ3v) is 4.73. The molecular weight excluding hydrogens is 288 g/mol. The van der Waals surface area contributed by atoms with Gasteiger partial charge in [-0.05, 0) is 35.7 Å². The van der Waals surface area contributed by atoms with Gasteiger partial charge in [0.15, 0.2) is 0 Å². The molecule has 4 heteroatoms. The van der Waals surface area contributed by atoms with Crippen molar-refractivity contribution in [1.82, 2.24) is 0 Å². The van der Waals surface area contributed by atoms with E-state index in [1.165, 1.54) is 4.88 Å². The van der Waals surface area contributed by atoms with Crippen LogP contribution in [0.15, 0.2) is 36.4 Å². The first-order chi connectivity index (χ1) is 9.40. The average molecular weight is 305 g/mol. The molecule has 2 rings (SSSR count). The van der Waals surface area contributed by atoms with Crippen LogP contribution in [-0.2, 0) is 5.41 Å². The molecule has 1 atom stereocenters. The summed E-state index contributed by atoms with van der Waals surface area (Å²) in [6.07, 6.45) is 0. The molecular formula is C16H17ClN2S. The Labute approximate surface area is 129 Å². The summed E-state index contributed by atoms with van der Waals surface area (Å²) in [4.78, 5) is 2.30. The van der Waals surface area contributed by atoms with Gasteiger partial charge in [-0.25, -0.2) is 0 Å². The second kappa shape index (κ2) is 5.87. The highest BCUT2D eigenvalue weighted by atomic mass is 35.5. The number of anilines is 1. The summed E-state index contributed by atoms with van der Waals surface area (Å²) < 4.78 is 0. The van der Waals surface area contributed by atoms with Crippen molar-refractivity contribution in [2.45, 2.75) is 32.2 Å². The van der Waals surface area contributed by atoms with Crippen LogP contribution >= 0.6 is 22.9 Å². The lowest BCUT2D eigenvalue weighted by Crippen LogP contribution is -2.08. The van der Waals surface area contributed by atoms with Crippen molar-refractivity contribution in [1.29, 1.82) is 5.26 Å². The van der Waals surface area contributed by atoms with E-state index in [1.54, 1.807) is 11.3 Å². The molecule has 20 heavy (non-hydrogen) atoms. The zero-order chi connectivity index (χ0) is 14.8. The molecule has 0 amide bonds. The molecule has 2 aromatic rings. The van der Waals surface area contributed by atoms with Crippen LogP contribution in [-0.4, -0.2) is 0 Å². The molecule has 0 aliphatic carbocycles. The lowest BCUT2D eigenvalue weighted by atomic mass is 9.95. The number of halogens is 1. The smallest absolute Gasteiger partial charge is 0.149 e. The SMILES string of the molecule is CC(C)(C)c1ccc(C(C#N)Nc2cccc(Cl)c2)s1. The Balaban J connectivity index is 2.21. The van der Waals surface area contributed by atoms with Crippen LogP contribution in [0.2, 0.25) is 5.02 Å². The Morgan fingerprint density at radius 1 is 1.25 bits per heavy atom. The molecule has 0 saturated carbocycles. The first-order valence-corrected chi connectivity index (χ1v) is 7.61. The predicted molar refractivity (Wildman–Crippen MR) is 86.4 cm³/mol. The van der Waals surface area contributed by atoms with E-state index in [9.17, 15) is 5.26 Å². The van der Waals surface area contributed by atoms with E-state index in [-0.39, 0.29) is 11.5 Å². The van der Waals surface area contributed by atoms with Crippen LogP contribution in [0.3, 0.4) is 0 Å². The fourth-order valence-corrected chi connectivity index (χ4v) is 3.08. The molecule has 2 nitrogen and oxygen atoms in total. The quantitative estimate of drug-likeness (QED) is 0.826. The normalized spacial score (nSPS) is 12.8. The lowest BCUT2D eigenvalue weighted by Gasteiger charge is -2.16. The summed E-state index contributed by atoms with van der Waals surface area (Å²) in [5.74, 6) is 0. The highest BCUT2D eigenvalue weighted by molar-refractivity contribution is 7.12. The monoisotopic (exact) mass is 304 g/mol.